The standard InChI is InChI=1S/C22H19FN4O4/c1-13-8-15(4-7-17(13)23)11-25-21(29)19-9-18(26-12-27-19)20(28)24-10-14-2-5-16(6-3-14)22(30)31/h2-9,12H,10-11H2,1H3,(H,24,28)(H,25,29)(H,30,31)/i11D2. The molecule has 2 aromatic carbocycles. The molecular formula is C22H19FN4O4. The van der Waals surface area contributed by atoms with Crippen molar-refractivity contribution in [2.75, 3.05) is 0 Å². The van der Waals surface area contributed by atoms with E-state index < -0.39 is 30.1 Å². The van der Waals surface area contributed by atoms with Gasteiger partial charge in [-0.15, -0.1) is 0 Å². The van der Waals surface area contributed by atoms with E-state index in [4.69, 9.17) is 7.85 Å². The van der Waals surface area contributed by atoms with Crippen LogP contribution in [0.3, 0.4) is 0 Å². The van der Waals surface area contributed by atoms with Crippen LogP contribution in [0.5, 0.6) is 0 Å². The molecule has 0 fully saturated rings. The van der Waals surface area contributed by atoms with Gasteiger partial charge in [0.05, 0.1) is 8.30 Å². The van der Waals surface area contributed by atoms with Gasteiger partial charge in [-0.25, -0.2) is 19.2 Å². The number of aryl methyl sites for hydroxylation is 1. The zero-order chi connectivity index (χ0) is 24.2. The number of halogens is 1. The highest BCUT2D eigenvalue weighted by molar-refractivity contribution is 5.97. The molecule has 9 heteroatoms. The van der Waals surface area contributed by atoms with Gasteiger partial charge < -0.3 is 15.7 Å². The Kier molecular flexibility index (Phi) is 5.82. The van der Waals surface area contributed by atoms with Gasteiger partial charge in [0.25, 0.3) is 11.8 Å². The Morgan fingerprint density at radius 3 is 2.19 bits per heavy atom. The highest BCUT2D eigenvalue weighted by atomic mass is 19.1. The molecular weight excluding hydrogens is 403 g/mol. The number of benzene rings is 2. The van der Waals surface area contributed by atoms with Crippen molar-refractivity contribution in [3.05, 3.63) is 94.3 Å². The Labute approximate surface area is 180 Å². The number of carboxylic acids is 1. The van der Waals surface area contributed by atoms with Crippen molar-refractivity contribution < 1.29 is 26.6 Å². The number of carboxylic acid groups (broad SMARTS) is 1. The molecule has 2 amide bonds. The fraction of sp³-hybridized carbons (Fsp3) is 0.136. The Morgan fingerprint density at radius 2 is 1.58 bits per heavy atom. The SMILES string of the molecule is [2H]C([2H])(NC(=O)c1cc(C(=O)NCc2ccc(C(=O)O)cc2)ncn1)c1ccc(F)c(C)c1. The molecule has 3 aromatic rings. The largest absolute Gasteiger partial charge is 0.478 e. The lowest BCUT2D eigenvalue weighted by Gasteiger charge is -2.08. The first kappa shape index (κ1) is 18.9. The van der Waals surface area contributed by atoms with Gasteiger partial charge >= 0.3 is 5.97 Å². The normalized spacial score (nSPS) is 11.8. The van der Waals surface area contributed by atoms with Crippen molar-refractivity contribution in [1.29, 1.82) is 0 Å². The summed E-state index contributed by atoms with van der Waals surface area (Å²) in [4.78, 5) is 43.5. The first-order valence-electron chi connectivity index (χ1n) is 10.1. The number of nitrogens with zero attached hydrogens (tertiary/aromatic N) is 2. The van der Waals surface area contributed by atoms with Gasteiger partial charge in [0.2, 0.25) is 0 Å². The van der Waals surface area contributed by atoms with Crippen molar-refractivity contribution in [2.45, 2.75) is 20.0 Å². The van der Waals surface area contributed by atoms with Crippen LogP contribution in [-0.4, -0.2) is 32.9 Å². The maximum Gasteiger partial charge on any atom is 0.335 e. The zero-order valence-electron chi connectivity index (χ0n) is 18.3. The first-order chi connectivity index (χ1) is 15.6. The van der Waals surface area contributed by atoms with Crippen molar-refractivity contribution in [2.24, 2.45) is 0 Å². The molecule has 0 unspecified atom stereocenters. The van der Waals surface area contributed by atoms with E-state index in [0.717, 1.165) is 18.5 Å². The van der Waals surface area contributed by atoms with Crippen molar-refractivity contribution in [3.63, 3.8) is 0 Å². The number of carbonyl (C=O) groups excluding carboxylic acids is 2. The van der Waals surface area contributed by atoms with Crippen LogP contribution in [0, 0.1) is 12.7 Å². The van der Waals surface area contributed by atoms with Crippen LogP contribution in [0.25, 0.3) is 0 Å². The molecule has 0 atom stereocenters. The minimum absolute atomic E-state index is 0.0516. The summed E-state index contributed by atoms with van der Waals surface area (Å²) in [6.45, 7) is -0.742. The van der Waals surface area contributed by atoms with Crippen LogP contribution < -0.4 is 10.6 Å². The summed E-state index contributed by atoms with van der Waals surface area (Å²) in [6, 6.07) is 10.7. The van der Waals surface area contributed by atoms with E-state index in [1.54, 1.807) is 12.1 Å². The smallest absolute Gasteiger partial charge is 0.335 e. The lowest BCUT2D eigenvalue weighted by atomic mass is 10.1. The molecule has 0 saturated carbocycles. The molecule has 158 valence electrons. The second kappa shape index (κ2) is 9.57. The number of nitrogens with one attached hydrogen (secondary N) is 2. The lowest BCUT2D eigenvalue weighted by Crippen LogP contribution is -2.27. The van der Waals surface area contributed by atoms with Gasteiger partial charge in [-0.05, 0) is 41.8 Å². The number of hydrogen-bond acceptors (Lipinski definition) is 5. The van der Waals surface area contributed by atoms with E-state index in [0.29, 0.717) is 5.56 Å². The fourth-order valence-corrected chi connectivity index (χ4v) is 2.56. The zero-order valence-corrected chi connectivity index (χ0v) is 16.3. The molecule has 31 heavy (non-hydrogen) atoms. The molecule has 0 aliphatic rings. The third-order valence-electron chi connectivity index (χ3n) is 4.26. The molecule has 3 rings (SSSR count). The van der Waals surface area contributed by atoms with Crippen LogP contribution in [0.15, 0.2) is 54.9 Å². The number of hydrogen-bond donors (Lipinski definition) is 3. The van der Waals surface area contributed by atoms with E-state index in [2.05, 4.69) is 20.6 Å². The van der Waals surface area contributed by atoms with E-state index in [-0.39, 0.29) is 34.6 Å². The van der Waals surface area contributed by atoms with Gasteiger partial charge in [-0.2, -0.15) is 0 Å². The maximum atomic E-state index is 13.5. The summed E-state index contributed by atoms with van der Waals surface area (Å²) in [5.41, 5.74) is 0.703. The van der Waals surface area contributed by atoms with Gasteiger partial charge in [0, 0.05) is 19.1 Å². The summed E-state index contributed by atoms with van der Waals surface area (Å²) in [5.74, 6) is -3.05. The second-order valence-corrected chi connectivity index (χ2v) is 6.52. The highest BCUT2D eigenvalue weighted by Crippen LogP contribution is 2.09. The first-order valence-corrected chi connectivity index (χ1v) is 9.08. The monoisotopic (exact) mass is 424 g/mol. The topological polar surface area (TPSA) is 121 Å². The van der Waals surface area contributed by atoms with Gasteiger partial charge in [-0.1, -0.05) is 24.3 Å². The Balaban J connectivity index is 1.67. The summed E-state index contributed by atoms with van der Waals surface area (Å²) in [5, 5.41) is 13.7. The van der Waals surface area contributed by atoms with Crippen LogP contribution in [0.4, 0.5) is 4.39 Å². The number of aromatic carboxylic acids is 1. The molecule has 0 bridgehead atoms. The Morgan fingerprint density at radius 1 is 0.968 bits per heavy atom. The quantitative estimate of drug-likeness (QED) is 0.536. The van der Waals surface area contributed by atoms with E-state index >= 15 is 0 Å². The third kappa shape index (κ3) is 5.69. The van der Waals surface area contributed by atoms with Crippen molar-refractivity contribution in [3.8, 4) is 0 Å². The molecule has 1 heterocycles. The average Bonchev–Trinajstić information content (AvgIpc) is 2.79. The van der Waals surface area contributed by atoms with Crippen LogP contribution in [0.1, 0.15) is 50.8 Å². The third-order valence-corrected chi connectivity index (χ3v) is 4.26. The molecule has 3 N–H and O–H groups in total. The van der Waals surface area contributed by atoms with Crippen LogP contribution in [0.2, 0.25) is 0 Å². The lowest BCUT2D eigenvalue weighted by molar-refractivity contribution is 0.0696. The molecule has 0 spiro atoms. The summed E-state index contributed by atoms with van der Waals surface area (Å²) in [6.07, 6.45) is 1.00. The predicted molar refractivity (Wildman–Crippen MR) is 109 cm³/mol. The second-order valence-electron chi connectivity index (χ2n) is 6.52. The van der Waals surface area contributed by atoms with E-state index in [9.17, 15) is 18.8 Å². The summed E-state index contributed by atoms with van der Waals surface area (Å²) < 4.78 is 29.7. The number of carbonyl (C=O) groups is 3. The molecule has 0 aliphatic heterocycles. The van der Waals surface area contributed by atoms with E-state index in [1.165, 1.54) is 31.2 Å². The average molecular weight is 424 g/mol. The minimum Gasteiger partial charge on any atom is -0.478 e. The molecule has 0 radical (unpaired) electrons. The van der Waals surface area contributed by atoms with E-state index in [1.807, 2.05) is 0 Å². The predicted octanol–water partition coefficient (Wildman–Crippen LogP) is 2.48. The van der Waals surface area contributed by atoms with Crippen molar-refractivity contribution >= 4 is 17.8 Å². The summed E-state index contributed by atoms with van der Waals surface area (Å²) in [7, 11) is 0. The molecule has 0 saturated heterocycles. The number of rotatable bonds is 7. The Hall–Kier alpha value is -4.14. The van der Waals surface area contributed by atoms with Gasteiger partial charge in [0.15, 0.2) is 0 Å². The van der Waals surface area contributed by atoms with Gasteiger partial charge in [0.1, 0.15) is 23.5 Å². The number of aromatic nitrogens is 2. The fourth-order valence-electron chi connectivity index (χ4n) is 2.56. The number of amides is 2. The molecule has 8 nitrogen and oxygen atoms in total. The summed E-state index contributed by atoms with van der Waals surface area (Å²) >= 11 is 0. The van der Waals surface area contributed by atoms with Crippen LogP contribution in [-0.2, 0) is 13.0 Å². The van der Waals surface area contributed by atoms with Crippen molar-refractivity contribution in [1.82, 2.24) is 20.6 Å². The minimum atomic E-state index is -2.31. The van der Waals surface area contributed by atoms with Gasteiger partial charge in [-0.3, -0.25) is 9.59 Å². The molecule has 1 aromatic heterocycles. The maximum absolute atomic E-state index is 13.5. The highest BCUT2D eigenvalue weighted by Gasteiger charge is 2.13. The van der Waals surface area contributed by atoms with Crippen LogP contribution >= 0.6 is 0 Å². The molecule has 0 aliphatic carbocycles. The Bertz CT molecular complexity index is 1220.